The number of aliphatic imine (C=N–C) groups is 1. The van der Waals surface area contributed by atoms with Gasteiger partial charge in [0, 0.05) is 18.7 Å². The van der Waals surface area contributed by atoms with Crippen LogP contribution < -0.4 is 20.7 Å². The van der Waals surface area contributed by atoms with Crippen LogP contribution in [0.5, 0.6) is 5.75 Å². The Hall–Kier alpha value is -3.00. The maximum Gasteiger partial charge on any atom is 0.224 e. The summed E-state index contributed by atoms with van der Waals surface area (Å²) in [5.41, 5.74) is 0.767. The molecule has 1 aromatic heterocycles. The van der Waals surface area contributed by atoms with Crippen molar-refractivity contribution < 1.29 is 19.1 Å². The number of fused-ring (bicyclic) bond motifs is 1. The fraction of sp³-hybridized carbons (Fsp3) is 0.429. The number of amides is 1. The van der Waals surface area contributed by atoms with Crippen LogP contribution in [0.15, 0.2) is 46.0 Å². The van der Waals surface area contributed by atoms with Gasteiger partial charge >= 0.3 is 0 Å². The quantitative estimate of drug-likeness (QED) is 0.307. The van der Waals surface area contributed by atoms with Gasteiger partial charge in [0.05, 0.1) is 19.4 Å². The predicted molar refractivity (Wildman–Crippen MR) is 111 cm³/mol. The van der Waals surface area contributed by atoms with Gasteiger partial charge in [-0.25, -0.2) is 4.99 Å². The van der Waals surface area contributed by atoms with Gasteiger partial charge in [0.15, 0.2) is 5.96 Å². The smallest absolute Gasteiger partial charge is 0.224 e. The molecule has 156 valence electrons. The average Bonchev–Trinajstić information content (AvgIpc) is 3.25. The molecule has 2 aromatic rings. The summed E-state index contributed by atoms with van der Waals surface area (Å²) in [6.45, 7) is 5.50. The van der Waals surface area contributed by atoms with Gasteiger partial charge in [-0.1, -0.05) is 0 Å². The van der Waals surface area contributed by atoms with Crippen molar-refractivity contribution in [2.75, 3.05) is 31.6 Å². The first-order chi connectivity index (χ1) is 14.0. The lowest BCUT2D eigenvalue weighted by Crippen LogP contribution is -2.40. The fourth-order valence-corrected chi connectivity index (χ4v) is 3.03. The number of carbonyl (C=O) groups is 1. The Balaban J connectivity index is 1.49. The molecule has 0 aliphatic carbocycles. The van der Waals surface area contributed by atoms with E-state index in [4.69, 9.17) is 9.15 Å². The molecule has 8 heteroatoms. The van der Waals surface area contributed by atoms with E-state index in [0.29, 0.717) is 37.8 Å². The molecule has 4 N–H and O–H groups in total. The number of aliphatic hydroxyl groups is 1. The van der Waals surface area contributed by atoms with Crippen LogP contribution in [0.2, 0.25) is 0 Å². The van der Waals surface area contributed by atoms with Gasteiger partial charge in [0.25, 0.3) is 0 Å². The van der Waals surface area contributed by atoms with Crippen molar-refractivity contribution in [3.8, 4) is 5.75 Å². The summed E-state index contributed by atoms with van der Waals surface area (Å²) < 4.78 is 11.1. The molecular weight excluding hydrogens is 372 g/mol. The molecule has 0 fully saturated rings. The molecule has 0 spiro atoms. The van der Waals surface area contributed by atoms with Gasteiger partial charge < -0.3 is 30.2 Å². The second kappa shape index (κ2) is 9.47. The summed E-state index contributed by atoms with van der Waals surface area (Å²) >= 11 is 0. The summed E-state index contributed by atoms with van der Waals surface area (Å²) in [5.74, 6) is 1.89. The van der Waals surface area contributed by atoms with Crippen LogP contribution in [0.3, 0.4) is 0 Å². The van der Waals surface area contributed by atoms with Crippen LogP contribution >= 0.6 is 0 Å². The van der Waals surface area contributed by atoms with E-state index < -0.39 is 5.60 Å². The molecule has 0 radical (unpaired) electrons. The Bertz CT molecular complexity index is 846. The molecule has 1 unspecified atom stereocenters. The van der Waals surface area contributed by atoms with Crippen LogP contribution in [0.4, 0.5) is 5.69 Å². The number of hydrogen-bond acceptors (Lipinski definition) is 5. The van der Waals surface area contributed by atoms with Crippen molar-refractivity contribution >= 4 is 17.6 Å². The minimum absolute atomic E-state index is 0.0524. The van der Waals surface area contributed by atoms with Gasteiger partial charge in [0.1, 0.15) is 23.7 Å². The maximum atomic E-state index is 11.4. The van der Waals surface area contributed by atoms with E-state index in [1.54, 1.807) is 19.1 Å². The summed E-state index contributed by atoms with van der Waals surface area (Å²) in [6, 6.07) is 9.16. The van der Waals surface area contributed by atoms with Gasteiger partial charge in [-0.2, -0.15) is 0 Å². The van der Waals surface area contributed by atoms with E-state index in [9.17, 15) is 9.90 Å². The second-order valence-corrected chi connectivity index (χ2v) is 7.09. The molecule has 0 saturated heterocycles. The largest absolute Gasteiger partial charge is 0.492 e. The molecule has 1 amide bonds. The Morgan fingerprint density at radius 2 is 2.21 bits per heavy atom. The van der Waals surface area contributed by atoms with E-state index in [0.717, 1.165) is 23.4 Å². The number of furan rings is 1. The lowest BCUT2D eigenvalue weighted by molar-refractivity contribution is -0.116. The van der Waals surface area contributed by atoms with Crippen LogP contribution in [0.25, 0.3) is 0 Å². The van der Waals surface area contributed by atoms with Crippen molar-refractivity contribution in [3.63, 3.8) is 0 Å². The highest BCUT2D eigenvalue weighted by Gasteiger charge is 2.26. The monoisotopic (exact) mass is 400 g/mol. The molecule has 0 bridgehead atoms. The molecule has 2 heterocycles. The summed E-state index contributed by atoms with van der Waals surface area (Å²) in [4.78, 5) is 15.9. The number of benzene rings is 1. The Morgan fingerprint density at radius 3 is 2.97 bits per heavy atom. The van der Waals surface area contributed by atoms with Crippen molar-refractivity contribution in [2.24, 2.45) is 4.99 Å². The lowest BCUT2D eigenvalue weighted by atomic mass is 10.0. The number of hydrogen-bond donors (Lipinski definition) is 4. The highest BCUT2D eigenvalue weighted by molar-refractivity contribution is 5.94. The van der Waals surface area contributed by atoms with Gasteiger partial charge in [-0.05, 0) is 56.2 Å². The zero-order valence-corrected chi connectivity index (χ0v) is 16.8. The third kappa shape index (κ3) is 5.74. The maximum absolute atomic E-state index is 11.4. The first-order valence-electron chi connectivity index (χ1n) is 9.82. The number of nitrogens with zero attached hydrogens (tertiary/aromatic N) is 1. The van der Waals surface area contributed by atoms with Gasteiger partial charge in [0.2, 0.25) is 5.91 Å². The fourth-order valence-electron chi connectivity index (χ4n) is 3.03. The SMILES string of the molecule is CCNC(=NCC(C)(O)c1ccco1)NCCOc1ccc2c(c1)CCC(=O)N2. The van der Waals surface area contributed by atoms with E-state index >= 15 is 0 Å². The third-order valence-corrected chi connectivity index (χ3v) is 4.58. The zero-order chi connectivity index (χ0) is 20.7. The molecule has 29 heavy (non-hydrogen) atoms. The third-order valence-electron chi connectivity index (χ3n) is 4.58. The Morgan fingerprint density at radius 1 is 1.34 bits per heavy atom. The number of aryl methyl sites for hydroxylation is 1. The van der Waals surface area contributed by atoms with Crippen LogP contribution in [-0.2, 0) is 16.8 Å². The summed E-state index contributed by atoms with van der Waals surface area (Å²) in [5, 5.41) is 19.7. The second-order valence-electron chi connectivity index (χ2n) is 7.09. The molecule has 8 nitrogen and oxygen atoms in total. The number of nitrogens with one attached hydrogen (secondary N) is 3. The minimum atomic E-state index is -1.18. The van der Waals surface area contributed by atoms with E-state index in [1.165, 1.54) is 6.26 Å². The number of anilines is 1. The highest BCUT2D eigenvalue weighted by atomic mass is 16.5. The molecule has 1 aliphatic rings. The lowest BCUT2D eigenvalue weighted by Gasteiger charge is -2.20. The number of rotatable bonds is 8. The summed E-state index contributed by atoms with van der Waals surface area (Å²) in [7, 11) is 0. The van der Waals surface area contributed by atoms with Crippen LogP contribution in [0.1, 0.15) is 31.6 Å². The predicted octanol–water partition coefficient (Wildman–Crippen LogP) is 2.01. The van der Waals surface area contributed by atoms with E-state index in [2.05, 4.69) is 20.9 Å². The van der Waals surface area contributed by atoms with Crippen molar-refractivity contribution in [3.05, 3.63) is 47.9 Å². The first-order valence-corrected chi connectivity index (χ1v) is 9.82. The zero-order valence-electron chi connectivity index (χ0n) is 16.8. The minimum Gasteiger partial charge on any atom is -0.492 e. The number of ether oxygens (including phenoxy) is 1. The van der Waals surface area contributed by atoms with E-state index in [1.807, 2.05) is 25.1 Å². The van der Waals surface area contributed by atoms with Gasteiger partial charge in [-0.3, -0.25) is 4.79 Å². The number of carbonyl (C=O) groups excluding carboxylic acids is 1. The highest BCUT2D eigenvalue weighted by Crippen LogP contribution is 2.26. The molecule has 1 aromatic carbocycles. The molecule has 3 rings (SSSR count). The molecular formula is C21H28N4O4. The van der Waals surface area contributed by atoms with Crippen molar-refractivity contribution in [1.82, 2.24) is 10.6 Å². The first kappa shape index (κ1) is 20.7. The Kier molecular flexibility index (Phi) is 6.77. The van der Waals surface area contributed by atoms with Crippen LogP contribution in [-0.4, -0.2) is 43.2 Å². The average molecular weight is 400 g/mol. The molecule has 1 aliphatic heterocycles. The van der Waals surface area contributed by atoms with E-state index in [-0.39, 0.29) is 12.5 Å². The molecule has 0 saturated carbocycles. The van der Waals surface area contributed by atoms with Gasteiger partial charge in [-0.15, -0.1) is 0 Å². The van der Waals surface area contributed by atoms with Crippen molar-refractivity contribution in [2.45, 2.75) is 32.3 Å². The number of guanidine groups is 1. The topological polar surface area (TPSA) is 108 Å². The Labute approximate surface area is 170 Å². The summed E-state index contributed by atoms with van der Waals surface area (Å²) in [6.07, 6.45) is 2.76. The normalized spacial score (nSPS) is 15.8. The molecule has 1 atom stereocenters. The van der Waals surface area contributed by atoms with Crippen molar-refractivity contribution in [1.29, 1.82) is 0 Å². The van der Waals surface area contributed by atoms with Crippen LogP contribution in [0, 0.1) is 0 Å². The standard InChI is InChI=1S/C21H28N4O4/c1-3-22-20(24-14-21(2,27)18-5-4-11-29-18)23-10-12-28-16-7-8-17-15(13-16)6-9-19(26)25-17/h4-5,7-8,11,13,27H,3,6,9-10,12,14H2,1-2H3,(H,25,26)(H2,22,23,24).